The third-order valence-corrected chi connectivity index (χ3v) is 4.59. The standard InChI is InChI=1S/C17H25NO/c1-16(2)11-13-7-6-8-14(15(13)19-16)12-18-17(3)9-4-5-10-17/h6-8,18H,4-5,9-12H2,1-3H3. The Hall–Kier alpha value is -1.02. The number of para-hydroxylation sites is 1. The lowest BCUT2D eigenvalue weighted by Gasteiger charge is -2.26. The summed E-state index contributed by atoms with van der Waals surface area (Å²) in [4.78, 5) is 0. The van der Waals surface area contributed by atoms with Crippen LogP contribution in [0.2, 0.25) is 0 Å². The average Bonchev–Trinajstić information content (AvgIpc) is 2.89. The Morgan fingerprint density at radius 2 is 1.89 bits per heavy atom. The zero-order chi connectivity index (χ0) is 13.5. The Bertz CT molecular complexity index is 472. The van der Waals surface area contributed by atoms with Gasteiger partial charge in [0.2, 0.25) is 0 Å². The minimum absolute atomic E-state index is 0.0459. The molecule has 0 radical (unpaired) electrons. The summed E-state index contributed by atoms with van der Waals surface area (Å²) in [6.07, 6.45) is 6.34. The van der Waals surface area contributed by atoms with Crippen molar-refractivity contribution in [1.82, 2.24) is 5.32 Å². The highest BCUT2D eigenvalue weighted by Gasteiger charge is 2.32. The Balaban J connectivity index is 1.75. The first-order valence-electron chi connectivity index (χ1n) is 7.52. The smallest absolute Gasteiger partial charge is 0.127 e. The molecule has 0 amide bonds. The van der Waals surface area contributed by atoms with Gasteiger partial charge in [-0.1, -0.05) is 31.0 Å². The Kier molecular flexibility index (Phi) is 3.09. The molecule has 1 aromatic carbocycles. The molecular weight excluding hydrogens is 234 g/mol. The Morgan fingerprint density at radius 1 is 1.16 bits per heavy atom. The molecule has 2 aliphatic rings. The molecule has 1 heterocycles. The lowest BCUT2D eigenvalue weighted by atomic mass is 9.98. The van der Waals surface area contributed by atoms with Crippen LogP contribution >= 0.6 is 0 Å². The second-order valence-corrected chi connectivity index (χ2v) is 7.07. The van der Waals surface area contributed by atoms with Crippen LogP contribution in [0, 0.1) is 0 Å². The summed E-state index contributed by atoms with van der Waals surface area (Å²) in [6, 6.07) is 6.56. The number of benzene rings is 1. The van der Waals surface area contributed by atoms with E-state index in [-0.39, 0.29) is 5.60 Å². The largest absolute Gasteiger partial charge is 0.487 e. The second-order valence-electron chi connectivity index (χ2n) is 7.07. The highest BCUT2D eigenvalue weighted by atomic mass is 16.5. The maximum atomic E-state index is 6.13. The van der Waals surface area contributed by atoms with Gasteiger partial charge in [0.05, 0.1) is 0 Å². The van der Waals surface area contributed by atoms with Crippen LogP contribution < -0.4 is 10.1 Å². The third kappa shape index (κ3) is 2.64. The number of nitrogens with one attached hydrogen (secondary N) is 1. The molecule has 2 nitrogen and oxygen atoms in total. The van der Waals surface area contributed by atoms with E-state index in [1.54, 1.807) is 0 Å². The van der Waals surface area contributed by atoms with Gasteiger partial charge >= 0.3 is 0 Å². The number of hydrogen-bond acceptors (Lipinski definition) is 2. The van der Waals surface area contributed by atoms with Crippen molar-refractivity contribution < 1.29 is 4.74 Å². The van der Waals surface area contributed by atoms with E-state index in [1.807, 2.05) is 0 Å². The van der Waals surface area contributed by atoms with Gasteiger partial charge < -0.3 is 10.1 Å². The molecule has 0 unspecified atom stereocenters. The first-order valence-corrected chi connectivity index (χ1v) is 7.52. The van der Waals surface area contributed by atoms with Crippen LogP contribution in [0.15, 0.2) is 18.2 Å². The molecule has 1 aliphatic carbocycles. The van der Waals surface area contributed by atoms with Crippen LogP contribution in [0.1, 0.15) is 57.6 Å². The quantitative estimate of drug-likeness (QED) is 0.891. The van der Waals surface area contributed by atoms with Crippen LogP contribution in [0.3, 0.4) is 0 Å². The molecule has 0 bridgehead atoms. The van der Waals surface area contributed by atoms with E-state index in [9.17, 15) is 0 Å². The summed E-state index contributed by atoms with van der Waals surface area (Å²) < 4.78 is 6.13. The number of ether oxygens (including phenoxy) is 1. The maximum Gasteiger partial charge on any atom is 0.127 e. The summed E-state index contributed by atoms with van der Waals surface area (Å²) in [7, 11) is 0. The molecule has 1 aliphatic heterocycles. The highest BCUT2D eigenvalue weighted by molar-refractivity contribution is 5.45. The Morgan fingerprint density at radius 3 is 2.63 bits per heavy atom. The van der Waals surface area contributed by atoms with Crippen molar-refractivity contribution >= 4 is 0 Å². The fourth-order valence-corrected chi connectivity index (χ4v) is 3.46. The van der Waals surface area contributed by atoms with E-state index in [0.717, 1.165) is 18.7 Å². The van der Waals surface area contributed by atoms with Crippen LogP contribution in [0.4, 0.5) is 0 Å². The molecule has 0 aromatic heterocycles. The van der Waals surface area contributed by atoms with Crippen LogP contribution in [0.5, 0.6) is 5.75 Å². The minimum atomic E-state index is -0.0459. The van der Waals surface area contributed by atoms with Gasteiger partial charge in [-0.25, -0.2) is 0 Å². The molecule has 0 atom stereocenters. The van der Waals surface area contributed by atoms with E-state index in [0.29, 0.717) is 5.54 Å². The van der Waals surface area contributed by atoms with Crippen molar-refractivity contribution in [1.29, 1.82) is 0 Å². The highest BCUT2D eigenvalue weighted by Crippen LogP contribution is 2.38. The zero-order valence-corrected chi connectivity index (χ0v) is 12.4. The van der Waals surface area contributed by atoms with E-state index in [2.05, 4.69) is 44.3 Å². The molecule has 0 spiro atoms. The van der Waals surface area contributed by atoms with E-state index in [4.69, 9.17) is 4.74 Å². The van der Waals surface area contributed by atoms with Gasteiger partial charge in [-0.2, -0.15) is 0 Å². The molecule has 2 heteroatoms. The summed E-state index contributed by atoms with van der Waals surface area (Å²) in [5.74, 6) is 1.13. The summed E-state index contributed by atoms with van der Waals surface area (Å²) in [6.45, 7) is 7.62. The van der Waals surface area contributed by atoms with E-state index < -0.39 is 0 Å². The summed E-state index contributed by atoms with van der Waals surface area (Å²) in [5.41, 5.74) is 2.96. The molecule has 1 fully saturated rings. The molecule has 104 valence electrons. The fourth-order valence-electron chi connectivity index (χ4n) is 3.46. The number of rotatable bonds is 3. The van der Waals surface area contributed by atoms with Gasteiger partial charge in [0.15, 0.2) is 0 Å². The van der Waals surface area contributed by atoms with E-state index in [1.165, 1.54) is 36.8 Å². The lowest BCUT2D eigenvalue weighted by Crippen LogP contribution is -2.38. The van der Waals surface area contributed by atoms with Crippen LogP contribution in [-0.4, -0.2) is 11.1 Å². The molecule has 1 saturated carbocycles. The maximum absolute atomic E-state index is 6.13. The second kappa shape index (κ2) is 4.52. The summed E-state index contributed by atoms with van der Waals surface area (Å²) >= 11 is 0. The third-order valence-electron chi connectivity index (χ3n) is 4.59. The zero-order valence-electron chi connectivity index (χ0n) is 12.4. The normalized spacial score (nSPS) is 23.1. The average molecular weight is 259 g/mol. The molecule has 3 rings (SSSR count). The van der Waals surface area contributed by atoms with Crippen molar-refractivity contribution in [3.8, 4) is 5.75 Å². The molecule has 1 aromatic rings. The number of fused-ring (bicyclic) bond motifs is 1. The lowest BCUT2D eigenvalue weighted by molar-refractivity contribution is 0.137. The van der Waals surface area contributed by atoms with Crippen molar-refractivity contribution in [2.45, 2.75) is 70.6 Å². The first-order chi connectivity index (χ1) is 8.98. The van der Waals surface area contributed by atoms with Gasteiger partial charge in [-0.05, 0) is 39.2 Å². The molecular formula is C17H25NO. The van der Waals surface area contributed by atoms with Gasteiger partial charge in [0.1, 0.15) is 11.4 Å². The van der Waals surface area contributed by atoms with Gasteiger partial charge in [0.25, 0.3) is 0 Å². The Labute approximate surface area is 116 Å². The van der Waals surface area contributed by atoms with Gasteiger partial charge in [0, 0.05) is 24.1 Å². The van der Waals surface area contributed by atoms with Gasteiger partial charge in [-0.3, -0.25) is 0 Å². The van der Waals surface area contributed by atoms with Gasteiger partial charge in [-0.15, -0.1) is 0 Å². The first kappa shape index (κ1) is 13.0. The topological polar surface area (TPSA) is 21.3 Å². The number of hydrogen-bond donors (Lipinski definition) is 1. The van der Waals surface area contributed by atoms with Crippen LogP contribution in [-0.2, 0) is 13.0 Å². The molecule has 1 N–H and O–H groups in total. The predicted molar refractivity (Wildman–Crippen MR) is 78.6 cm³/mol. The van der Waals surface area contributed by atoms with Crippen molar-refractivity contribution in [2.24, 2.45) is 0 Å². The van der Waals surface area contributed by atoms with Crippen molar-refractivity contribution in [3.63, 3.8) is 0 Å². The summed E-state index contributed by atoms with van der Waals surface area (Å²) in [5, 5.41) is 3.75. The van der Waals surface area contributed by atoms with Crippen molar-refractivity contribution in [2.75, 3.05) is 0 Å². The minimum Gasteiger partial charge on any atom is -0.487 e. The van der Waals surface area contributed by atoms with Crippen LogP contribution in [0.25, 0.3) is 0 Å². The van der Waals surface area contributed by atoms with Crippen molar-refractivity contribution in [3.05, 3.63) is 29.3 Å². The SMILES string of the molecule is CC1(NCc2cccc3c2OC(C)(C)C3)CCCC1. The fraction of sp³-hybridized carbons (Fsp3) is 0.647. The monoisotopic (exact) mass is 259 g/mol. The molecule has 19 heavy (non-hydrogen) atoms. The predicted octanol–water partition coefficient (Wildman–Crippen LogP) is 3.82. The van der Waals surface area contributed by atoms with E-state index >= 15 is 0 Å². The molecule has 0 saturated heterocycles.